The molecule has 0 aromatic carbocycles. The molecule has 0 bridgehead atoms. The summed E-state index contributed by atoms with van der Waals surface area (Å²) in [6.07, 6.45) is 4.08. The molecular weight excluding hydrogens is 138 g/mol. The molecule has 0 amide bonds. The number of hydrogen-bond donors (Lipinski definition) is 1. The Morgan fingerprint density at radius 3 is 2.91 bits per heavy atom. The standard InChI is InChI=1S/C8H15N3/c1-11(2)7-3-4-8-5-6-9-10-8/h5-6H,3-4,7H2,1-2H3,(H,9,10). The number of rotatable bonds is 4. The zero-order valence-corrected chi connectivity index (χ0v) is 7.17. The van der Waals surface area contributed by atoms with Gasteiger partial charge in [0.15, 0.2) is 0 Å². The predicted octanol–water partition coefficient (Wildman–Crippen LogP) is 0.904. The summed E-state index contributed by atoms with van der Waals surface area (Å²) in [6.45, 7) is 1.14. The summed E-state index contributed by atoms with van der Waals surface area (Å²) in [6, 6.07) is 2.02. The molecule has 1 N–H and O–H groups in total. The Morgan fingerprint density at radius 1 is 1.55 bits per heavy atom. The van der Waals surface area contributed by atoms with Gasteiger partial charge in [-0.15, -0.1) is 0 Å². The number of aromatic nitrogens is 2. The van der Waals surface area contributed by atoms with Gasteiger partial charge in [0.1, 0.15) is 0 Å². The Kier molecular flexibility index (Phi) is 3.11. The Labute approximate surface area is 67.4 Å². The van der Waals surface area contributed by atoms with E-state index in [1.165, 1.54) is 12.1 Å². The SMILES string of the molecule is CN(C)CCCc1ccn[nH]1. The van der Waals surface area contributed by atoms with Crippen molar-refractivity contribution < 1.29 is 0 Å². The first-order valence-electron chi connectivity index (χ1n) is 3.92. The molecule has 0 saturated carbocycles. The maximum absolute atomic E-state index is 3.88. The molecule has 0 aliphatic carbocycles. The van der Waals surface area contributed by atoms with Crippen LogP contribution in [0.4, 0.5) is 0 Å². The maximum atomic E-state index is 3.88. The molecule has 0 aliphatic rings. The van der Waals surface area contributed by atoms with Crippen molar-refractivity contribution >= 4 is 0 Å². The van der Waals surface area contributed by atoms with E-state index in [0.717, 1.165) is 13.0 Å². The predicted molar refractivity (Wildman–Crippen MR) is 45.5 cm³/mol. The van der Waals surface area contributed by atoms with Gasteiger partial charge in [-0.3, -0.25) is 5.10 Å². The number of nitrogens with zero attached hydrogens (tertiary/aromatic N) is 2. The van der Waals surface area contributed by atoms with Gasteiger partial charge in [-0.25, -0.2) is 0 Å². The number of aromatic amines is 1. The van der Waals surface area contributed by atoms with Crippen LogP contribution in [0.25, 0.3) is 0 Å². The van der Waals surface area contributed by atoms with Crippen molar-refractivity contribution in [3.63, 3.8) is 0 Å². The highest BCUT2D eigenvalue weighted by Crippen LogP contribution is 1.97. The molecule has 0 spiro atoms. The van der Waals surface area contributed by atoms with Crippen LogP contribution in [-0.4, -0.2) is 35.7 Å². The summed E-state index contributed by atoms with van der Waals surface area (Å²) < 4.78 is 0. The van der Waals surface area contributed by atoms with Gasteiger partial charge in [-0.1, -0.05) is 0 Å². The molecule has 0 atom stereocenters. The Balaban J connectivity index is 2.14. The molecule has 0 radical (unpaired) electrons. The van der Waals surface area contributed by atoms with Crippen LogP contribution in [0, 0.1) is 0 Å². The van der Waals surface area contributed by atoms with Crippen LogP contribution in [0.3, 0.4) is 0 Å². The Morgan fingerprint density at radius 2 is 2.36 bits per heavy atom. The minimum absolute atomic E-state index is 1.10. The first-order chi connectivity index (χ1) is 5.29. The highest BCUT2D eigenvalue weighted by atomic mass is 15.1. The third-order valence-corrected chi connectivity index (χ3v) is 1.61. The fourth-order valence-corrected chi connectivity index (χ4v) is 1.01. The molecule has 3 heteroatoms. The van der Waals surface area contributed by atoms with Crippen LogP contribution in [0.15, 0.2) is 12.3 Å². The normalized spacial score (nSPS) is 10.8. The Hall–Kier alpha value is -0.830. The van der Waals surface area contributed by atoms with E-state index < -0.39 is 0 Å². The van der Waals surface area contributed by atoms with Gasteiger partial charge in [-0.2, -0.15) is 5.10 Å². The summed E-state index contributed by atoms with van der Waals surface area (Å²) in [5.41, 5.74) is 1.23. The van der Waals surface area contributed by atoms with Gasteiger partial charge in [0.2, 0.25) is 0 Å². The molecule has 0 saturated heterocycles. The molecule has 3 nitrogen and oxygen atoms in total. The largest absolute Gasteiger partial charge is 0.309 e. The number of nitrogens with one attached hydrogen (secondary N) is 1. The molecule has 62 valence electrons. The summed E-state index contributed by atoms with van der Waals surface area (Å²) in [4.78, 5) is 2.19. The van der Waals surface area contributed by atoms with Crippen molar-refractivity contribution in [1.82, 2.24) is 15.1 Å². The summed E-state index contributed by atoms with van der Waals surface area (Å²) >= 11 is 0. The quantitative estimate of drug-likeness (QED) is 0.697. The first-order valence-corrected chi connectivity index (χ1v) is 3.92. The smallest absolute Gasteiger partial charge is 0.0490 e. The van der Waals surface area contributed by atoms with E-state index in [0.29, 0.717) is 0 Å². The van der Waals surface area contributed by atoms with Crippen molar-refractivity contribution in [2.45, 2.75) is 12.8 Å². The lowest BCUT2D eigenvalue weighted by molar-refractivity contribution is 0.399. The summed E-state index contributed by atoms with van der Waals surface area (Å²) in [5, 5.41) is 6.82. The summed E-state index contributed by atoms with van der Waals surface area (Å²) in [5.74, 6) is 0. The summed E-state index contributed by atoms with van der Waals surface area (Å²) in [7, 11) is 4.18. The number of hydrogen-bond acceptors (Lipinski definition) is 2. The second kappa shape index (κ2) is 4.13. The average Bonchev–Trinajstić information content (AvgIpc) is 2.39. The topological polar surface area (TPSA) is 31.9 Å². The second-order valence-electron chi connectivity index (χ2n) is 2.99. The highest BCUT2D eigenvalue weighted by Gasteiger charge is 1.94. The lowest BCUT2D eigenvalue weighted by Crippen LogP contribution is -2.13. The lowest BCUT2D eigenvalue weighted by Gasteiger charge is -2.07. The van der Waals surface area contributed by atoms with Gasteiger partial charge in [0.05, 0.1) is 0 Å². The van der Waals surface area contributed by atoms with E-state index in [1.54, 1.807) is 6.20 Å². The van der Waals surface area contributed by atoms with Crippen LogP contribution in [-0.2, 0) is 6.42 Å². The van der Waals surface area contributed by atoms with Gasteiger partial charge < -0.3 is 4.90 Å². The van der Waals surface area contributed by atoms with Gasteiger partial charge in [0, 0.05) is 11.9 Å². The number of H-pyrrole nitrogens is 1. The third kappa shape index (κ3) is 3.18. The van der Waals surface area contributed by atoms with Crippen molar-refractivity contribution in [2.75, 3.05) is 20.6 Å². The van der Waals surface area contributed by atoms with Gasteiger partial charge in [0.25, 0.3) is 0 Å². The minimum atomic E-state index is 1.10. The molecule has 1 rings (SSSR count). The van der Waals surface area contributed by atoms with E-state index in [9.17, 15) is 0 Å². The van der Waals surface area contributed by atoms with Crippen LogP contribution < -0.4 is 0 Å². The molecule has 0 unspecified atom stereocenters. The van der Waals surface area contributed by atoms with E-state index in [1.807, 2.05) is 6.07 Å². The molecule has 1 aromatic heterocycles. The minimum Gasteiger partial charge on any atom is -0.309 e. The molecule has 1 heterocycles. The fourth-order valence-electron chi connectivity index (χ4n) is 1.01. The molecule has 1 aromatic rings. The first kappa shape index (κ1) is 8.27. The van der Waals surface area contributed by atoms with Crippen molar-refractivity contribution in [3.8, 4) is 0 Å². The van der Waals surface area contributed by atoms with Crippen LogP contribution >= 0.6 is 0 Å². The Bertz CT molecular complexity index is 179. The average molecular weight is 153 g/mol. The zero-order valence-electron chi connectivity index (χ0n) is 7.17. The van der Waals surface area contributed by atoms with Crippen molar-refractivity contribution in [2.24, 2.45) is 0 Å². The molecular formula is C8H15N3. The molecule has 0 fully saturated rings. The van der Waals surface area contributed by atoms with Crippen molar-refractivity contribution in [3.05, 3.63) is 18.0 Å². The van der Waals surface area contributed by atoms with E-state index in [2.05, 4.69) is 29.2 Å². The van der Waals surface area contributed by atoms with Gasteiger partial charge in [-0.05, 0) is 39.5 Å². The zero-order chi connectivity index (χ0) is 8.10. The second-order valence-corrected chi connectivity index (χ2v) is 2.99. The van der Waals surface area contributed by atoms with E-state index in [4.69, 9.17) is 0 Å². The van der Waals surface area contributed by atoms with Crippen LogP contribution in [0.2, 0.25) is 0 Å². The monoisotopic (exact) mass is 153 g/mol. The molecule has 11 heavy (non-hydrogen) atoms. The number of aryl methyl sites for hydroxylation is 1. The highest BCUT2D eigenvalue weighted by molar-refractivity contribution is 4.96. The lowest BCUT2D eigenvalue weighted by atomic mass is 10.2. The van der Waals surface area contributed by atoms with Crippen LogP contribution in [0.1, 0.15) is 12.1 Å². The van der Waals surface area contributed by atoms with E-state index in [-0.39, 0.29) is 0 Å². The maximum Gasteiger partial charge on any atom is 0.0490 e. The van der Waals surface area contributed by atoms with Crippen molar-refractivity contribution in [1.29, 1.82) is 0 Å². The van der Waals surface area contributed by atoms with Gasteiger partial charge >= 0.3 is 0 Å². The third-order valence-electron chi connectivity index (χ3n) is 1.61. The van der Waals surface area contributed by atoms with E-state index >= 15 is 0 Å². The van der Waals surface area contributed by atoms with Crippen LogP contribution in [0.5, 0.6) is 0 Å². The molecule has 0 aliphatic heterocycles. The fraction of sp³-hybridized carbons (Fsp3) is 0.625.